The Morgan fingerprint density at radius 2 is 2.30 bits per heavy atom. The lowest BCUT2D eigenvalue weighted by Crippen LogP contribution is -2.32. The predicted molar refractivity (Wildman–Crippen MR) is 72.8 cm³/mol. The molecule has 2 unspecified atom stereocenters. The summed E-state index contributed by atoms with van der Waals surface area (Å²) in [5.74, 6) is 0.0115. The molecule has 0 radical (unpaired) electrons. The zero-order valence-electron chi connectivity index (χ0n) is 11.0. The number of rotatable bonds is 3. The van der Waals surface area contributed by atoms with Crippen LogP contribution in [-0.2, 0) is 0 Å². The number of amides is 1. The number of nitrogens with one attached hydrogen (secondary N) is 2. The molecule has 0 saturated heterocycles. The Kier molecular flexibility index (Phi) is 3.50. The van der Waals surface area contributed by atoms with Crippen LogP contribution >= 0.6 is 0 Å². The number of H-pyrrole nitrogens is 1. The normalized spacial score (nSPS) is 21.9. The van der Waals surface area contributed by atoms with Crippen LogP contribution in [0.1, 0.15) is 41.1 Å². The Hall–Kier alpha value is -2.17. The average Bonchev–Trinajstić information content (AvgIpc) is 3.10. The molecule has 1 aromatic carbocycles. The molecule has 4 nitrogen and oxygen atoms in total. The minimum Gasteiger partial charge on any atom is -0.349 e. The molecule has 1 aliphatic rings. The van der Waals surface area contributed by atoms with Gasteiger partial charge in [0, 0.05) is 12.2 Å². The molecule has 1 heterocycles. The second-order valence-electron chi connectivity index (χ2n) is 5.22. The van der Waals surface area contributed by atoms with Crippen LogP contribution in [0.25, 0.3) is 0 Å². The maximum atomic E-state index is 13.2. The van der Waals surface area contributed by atoms with E-state index in [1.807, 2.05) is 6.07 Å². The molecule has 104 valence electrons. The Bertz CT molecular complexity index is 597. The highest BCUT2D eigenvalue weighted by Crippen LogP contribution is 2.34. The minimum atomic E-state index is -0.201. The largest absolute Gasteiger partial charge is 0.349 e. The van der Waals surface area contributed by atoms with Gasteiger partial charge in [-0.2, -0.15) is 5.10 Å². The van der Waals surface area contributed by atoms with Gasteiger partial charge in [-0.15, -0.1) is 0 Å². The van der Waals surface area contributed by atoms with E-state index in [9.17, 15) is 9.18 Å². The van der Waals surface area contributed by atoms with Crippen molar-refractivity contribution in [2.24, 2.45) is 0 Å². The third-order valence-electron chi connectivity index (χ3n) is 3.85. The standard InChI is InChI=1S/C15H16FN3O/c16-13-3-1-2-10(6-13)11-4-5-14(7-11)19-15(20)12-8-17-18-9-12/h1-3,6,8-9,11,14H,4-5,7H2,(H,17,18)(H,19,20). The maximum Gasteiger partial charge on any atom is 0.254 e. The van der Waals surface area contributed by atoms with E-state index in [0.717, 1.165) is 24.8 Å². The fraction of sp³-hybridized carbons (Fsp3) is 0.333. The maximum absolute atomic E-state index is 13.2. The van der Waals surface area contributed by atoms with Crippen molar-refractivity contribution in [3.8, 4) is 0 Å². The molecule has 0 spiro atoms. The fourth-order valence-electron chi connectivity index (χ4n) is 2.82. The van der Waals surface area contributed by atoms with Gasteiger partial charge in [-0.05, 0) is 42.9 Å². The first-order valence-electron chi connectivity index (χ1n) is 6.77. The van der Waals surface area contributed by atoms with E-state index in [0.29, 0.717) is 11.5 Å². The monoisotopic (exact) mass is 273 g/mol. The zero-order valence-corrected chi connectivity index (χ0v) is 11.0. The van der Waals surface area contributed by atoms with Gasteiger partial charge in [-0.3, -0.25) is 9.89 Å². The number of hydrogen-bond acceptors (Lipinski definition) is 2. The molecular weight excluding hydrogens is 257 g/mol. The Morgan fingerprint density at radius 3 is 3.05 bits per heavy atom. The Morgan fingerprint density at radius 1 is 1.40 bits per heavy atom. The van der Waals surface area contributed by atoms with Crippen LogP contribution in [-0.4, -0.2) is 22.1 Å². The van der Waals surface area contributed by atoms with Crippen LogP contribution < -0.4 is 5.32 Å². The van der Waals surface area contributed by atoms with Gasteiger partial charge in [0.05, 0.1) is 11.8 Å². The molecule has 1 fully saturated rings. The molecule has 1 aromatic heterocycles. The number of aromatic nitrogens is 2. The molecule has 3 rings (SSSR count). The van der Waals surface area contributed by atoms with E-state index < -0.39 is 0 Å². The first-order valence-corrected chi connectivity index (χ1v) is 6.77. The van der Waals surface area contributed by atoms with Crippen molar-refractivity contribution in [3.05, 3.63) is 53.6 Å². The number of hydrogen-bond donors (Lipinski definition) is 2. The van der Waals surface area contributed by atoms with Crippen LogP contribution in [0, 0.1) is 5.82 Å². The zero-order chi connectivity index (χ0) is 13.9. The van der Waals surface area contributed by atoms with Gasteiger partial charge >= 0.3 is 0 Å². The van der Waals surface area contributed by atoms with Crippen LogP contribution in [0.5, 0.6) is 0 Å². The van der Waals surface area contributed by atoms with Crippen molar-refractivity contribution in [1.29, 1.82) is 0 Å². The van der Waals surface area contributed by atoms with Crippen molar-refractivity contribution >= 4 is 5.91 Å². The summed E-state index contributed by atoms with van der Waals surface area (Å²) in [6, 6.07) is 6.88. The molecular formula is C15H16FN3O. The first-order chi connectivity index (χ1) is 9.72. The van der Waals surface area contributed by atoms with Crippen molar-refractivity contribution in [2.45, 2.75) is 31.2 Å². The number of carbonyl (C=O) groups excluding carboxylic acids is 1. The van der Waals surface area contributed by atoms with Gasteiger partial charge in [0.15, 0.2) is 0 Å². The highest BCUT2D eigenvalue weighted by Gasteiger charge is 2.27. The summed E-state index contributed by atoms with van der Waals surface area (Å²) in [6.07, 6.45) is 5.83. The number of halogens is 1. The molecule has 2 aromatic rings. The van der Waals surface area contributed by atoms with Crippen LogP contribution in [0.4, 0.5) is 4.39 Å². The third-order valence-corrected chi connectivity index (χ3v) is 3.85. The number of benzene rings is 1. The lowest BCUT2D eigenvalue weighted by Gasteiger charge is -2.13. The van der Waals surface area contributed by atoms with Crippen molar-refractivity contribution in [1.82, 2.24) is 15.5 Å². The van der Waals surface area contributed by atoms with Gasteiger partial charge in [-0.1, -0.05) is 12.1 Å². The van der Waals surface area contributed by atoms with E-state index in [4.69, 9.17) is 0 Å². The molecule has 0 bridgehead atoms. The smallest absolute Gasteiger partial charge is 0.254 e. The van der Waals surface area contributed by atoms with Crippen LogP contribution in [0.15, 0.2) is 36.7 Å². The van der Waals surface area contributed by atoms with Crippen molar-refractivity contribution in [3.63, 3.8) is 0 Å². The van der Waals surface area contributed by atoms with Crippen LogP contribution in [0.2, 0.25) is 0 Å². The molecule has 5 heteroatoms. The van der Waals surface area contributed by atoms with Crippen molar-refractivity contribution in [2.75, 3.05) is 0 Å². The molecule has 20 heavy (non-hydrogen) atoms. The molecule has 2 N–H and O–H groups in total. The van der Waals surface area contributed by atoms with Crippen LogP contribution in [0.3, 0.4) is 0 Å². The lowest BCUT2D eigenvalue weighted by atomic mass is 9.97. The number of aromatic amines is 1. The van der Waals surface area contributed by atoms with E-state index in [1.54, 1.807) is 18.3 Å². The van der Waals surface area contributed by atoms with Crippen molar-refractivity contribution < 1.29 is 9.18 Å². The Labute approximate surface area is 116 Å². The predicted octanol–water partition coefficient (Wildman–Crippen LogP) is 2.61. The van der Waals surface area contributed by atoms with Gasteiger partial charge in [-0.25, -0.2) is 4.39 Å². The second-order valence-corrected chi connectivity index (χ2v) is 5.22. The summed E-state index contributed by atoms with van der Waals surface area (Å²) < 4.78 is 13.2. The summed E-state index contributed by atoms with van der Waals surface area (Å²) in [5.41, 5.74) is 1.56. The topological polar surface area (TPSA) is 57.8 Å². The molecule has 0 aliphatic heterocycles. The summed E-state index contributed by atoms with van der Waals surface area (Å²) in [7, 11) is 0. The number of carbonyl (C=O) groups is 1. The Balaban J connectivity index is 1.61. The average molecular weight is 273 g/mol. The fourth-order valence-corrected chi connectivity index (χ4v) is 2.82. The first kappa shape index (κ1) is 12.8. The summed E-state index contributed by atoms with van der Waals surface area (Å²) in [4.78, 5) is 11.9. The minimum absolute atomic E-state index is 0.108. The van der Waals surface area contributed by atoms with E-state index in [2.05, 4.69) is 15.5 Å². The van der Waals surface area contributed by atoms with Gasteiger partial charge in [0.25, 0.3) is 5.91 Å². The molecule has 1 aliphatic carbocycles. The summed E-state index contributed by atoms with van der Waals surface area (Å²) in [6.45, 7) is 0. The lowest BCUT2D eigenvalue weighted by molar-refractivity contribution is 0.0937. The quantitative estimate of drug-likeness (QED) is 0.903. The van der Waals surface area contributed by atoms with E-state index in [-0.39, 0.29) is 17.8 Å². The molecule has 2 atom stereocenters. The SMILES string of the molecule is O=C(NC1CCC(c2cccc(F)c2)C1)c1cn[nH]c1. The highest BCUT2D eigenvalue weighted by molar-refractivity contribution is 5.93. The van der Waals surface area contributed by atoms with E-state index in [1.165, 1.54) is 12.3 Å². The summed E-state index contributed by atoms with van der Waals surface area (Å²) in [5, 5.41) is 9.39. The summed E-state index contributed by atoms with van der Waals surface area (Å²) >= 11 is 0. The van der Waals surface area contributed by atoms with Gasteiger partial charge < -0.3 is 5.32 Å². The molecule has 1 amide bonds. The third kappa shape index (κ3) is 2.71. The van der Waals surface area contributed by atoms with Gasteiger partial charge in [0.2, 0.25) is 0 Å². The van der Waals surface area contributed by atoms with Gasteiger partial charge in [0.1, 0.15) is 5.82 Å². The second kappa shape index (κ2) is 5.45. The number of nitrogens with zero attached hydrogens (tertiary/aromatic N) is 1. The van der Waals surface area contributed by atoms with E-state index >= 15 is 0 Å². The highest BCUT2D eigenvalue weighted by atomic mass is 19.1. The molecule has 1 saturated carbocycles.